The van der Waals surface area contributed by atoms with Crippen LogP contribution in [-0.2, 0) is 0 Å². The lowest BCUT2D eigenvalue weighted by Gasteiger charge is -2.11. The van der Waals surface area contributed by atoms with Gasteiger partial charge in [-0.05, 0) is 60.7 Å². The van der Waals surface area contributed by atoms with Crippen molar-refractivity contribution in [1.82, 2.24) is 44.0 Å². The largest absolute Gasteiger partial charge is 0.455 e. The van der Waals surface area contributed by atoms with Crippen LogP contribution in [0.2, 0.25) is 0 Å². The van der Waals surface area contributed by atoms with E-state index in [1.165, 1.54) is 0 Å². The van der Waals surface area contributed by atoms with Crippen LogP contribution in [0.5, 0.6) is 0 Å². The van der Waals surface area contributed by atoms with Gasteiger partial charge in [0.25, 0.3) is 0 Å². The zero-order valence-electron chi connectivity index (χ0n) is 23.4. The molecule has 0 fully saturated rings. The smallest absolute Gasteiger partial charge is 0.242 e. The van der Waals surface area contributed by atoms with Crippen molar-refractivity contribution in [2.45, 2.75) is 0 Å². The number of aromatic nitrogens is 9. The first-order valence-corrected chi connectivity index (χ1v) is 14.4. The Balaban J connectivity index is 1.35. The Morgan fingerprint density at radius 1 is 0.422 bits per heavy atom. The molecule has 0 aliphatic heterocycles. The van der Waals surface area contributed by atoms with Gasteiger partial charge < -0.3 is 4.42 Å². The van der Waals surface area contributed by atoms with Crippen LogP contribution in [0.25, 0.3) is 89.4 Å². The Hall–Kier alpha value is -6.55. The second-order valence-electron chi connectivity index (χ2n) is 10.7. The van der Waals surface area contributed by atoms with Crippen LogP contribution in [0, 0.1) is 0 Å². The van der Waals surface area contributed by atoms with Crippen LogP contribution in [0.15, 0.2) is 120 Å². The molecule has 10 rings (SSSR count). The number of benzene rings is 2. The molecular formula is C35H19N9O. The molecule has 0 amide bonds. The fourth-order valence-corrected chi connectivity index (χ4v) is 6.32. The summed E-state index contributed by atoms with van der Waals surface area (Å²) in [5, 5.41) is 5.79. The second-order valence-corrected chi connectivity index (χ2v) is 10.7. The van der Waals surface area contributed by atoms with E-state index in [1.807, 2.05) is 88.0 Å². The molecule has 10 heteroatoms. The van der Waals surface area contributed by atoms with E-state index in [0.717, 1.165) is 43.5 Å². The fourth-order valence-electron chi connectivity index (χ4n) is 6.32. The molecule has 0 radical (unpaired) electrons. The molecule has 45 heavy (non-hydrogen) atoms. The highest BCUT2D eigenvalue weighted by molar-refractivity contribution is 6.10. The first-order chi connectivity index (χ1) is 22.3. The quantitative estimate of drug-likeness (QED) is 0.215. The Morgan fingerprint density at radius 3 is 1.42 bits per heavy atom. The number of fused-ring (bicyclic) bond motifs is 9. The van der Waals surface area contributed by atoms with Crippen molar-refractivity contribution in [1.29, 1.82) is 0 Å². The molecule has 210 valence electrons. The Kier molecular flexibility index (Phi) is 4.78. The lowest BCUT2D eigenvalue weighted by atomic mass is 10.1. The Morgan fingerprint density at radius 2 is 0.889 bits per heavy atom. The maximum absolute atomic E-state index is 6.42. The summed E-state index contributed by atoms with van der Waals surface area (Å²) in [6.45, 7) is 0. The number of pyridine rings is 4. The van der Waals surface area contributed by atoms with Gasteiger partial charge in [-0.25, -0.2) is 29.1 Å². The minimum Gasteiger partial charge on any atom is -0.455 e. The molecule has 0 N–H and O–H groups in total. The fraction of sp³-hybridized carbons (Fsp3) is 0. The van der Waals surface area contributed by atoms with Crippen LogP contribution in [0.4, 0.5) is 0 Å². The normalized spacial score (nSPS) is 12.0. The summed E-state index contributed by atoms with van der Waals surface area (Å²) < 4.78 is 10.2. The average Bonchev–Trinajstić information content (AvgIpc) is 3.76. The van der Waals surface area contributed by atoms with Crippen LogP contribution in [-0.4, -0.2) is 44.0 Å². The number of hydrogen-bond acceptors (Lipinski definition) is 8. The van der Waals surface area contributed by atoms with E-state index in [0.29, 0.717) is 45.9 Å². The van der Waals surface area contributed by atoms with Gasteiger partial charge in [0.05, 0.1) is 5.56 Å². The van der Waals surface area contributed by atoms with Crippen molar-refractivity contribution in [2.75, 3.05) is 0 Å². The Bertz CT molecular complexity index is 2550. The van der Waals surface area contributed by atoms with Crippen LogP contribution in [0.3, 0.4) is 0 Å². The molecular weight excluding hydrogens is 562 g/mol. The molecule has 0 unspecified atom stereocenters. The highest BCUT2D eigenvalue weighted by Gasteiger charge is 2.23. The molecule has 0 atom stereocenters. The van der Waals surface area contributed by atoms with E-state index in [9.17, 15) is 0 Å². The van der Waals surface area contributed by atoms with Gasteiger partial charge in [-0.2, -0.15) is 15.0 Å². The summed E-state index contributed by atoms with van der Waals surface area (Å²) in [5.41, 5.74) is 4.98. The van der Waals surface area contributed by atoms with Gasteiger partial charge in [0, 0.05) is 57.1 Å². The molecule has 0 saturated heterocycles. The third kappa shape index (κ3) is 3.35. The lowest BCUT2D eigenvalue weighted by Crippen LogP contribution is -2.11. The number of nitrogens with zero attached hydrogens (tertiary/aromatic N) is 9. The molecule has 10 nitrogen and oxygen atoms in total. The molecule has 10 aromatic rings. The van der Waals surface area contributed by atoms with Crippen molar-refractivity contribution in [3.63, 3.8) is 0 Å². The first-order valence-electron chi connectivity index (χ1n) is 14.4. The Labute approximate surface area is 253 Å². The summed E-state index contributed by atoms with van der Waals surface area (Å²) in [4.78, 5) is 34.2. The van der Waals surface area contributed by atoms with E-state index in [2.05, 4.69) is 12.1 Å². The summed E-state index contributed by atoms with van der Waals surface area (Å²) >= 11 is 0. The van der Waals surface area contributed by atoms with Gasteiger partial charge in [-0.1, -0.05) is 30.3 Å². The van der Waals surface area contributed by atoms with Gasteiger partial charge >= 0.3 is 0 Å². The summed E-state index contributed by atoms with van der Waals surface area (Å²) in [6.07, 6.45) is 7.04. The monoisotopic (exact) mass is 581 g/mol. The van der Waals surface area contributed by atoms with E-state index in [4.69, 9.17) is 39.3 Å². The van der Waals surface area contributed by atoms with Crippen molar-refractivity contribution in [3.8, 4) is 23.3 Å². The third-order valence-corrected chi connectivity index (χ3v) is 8.23. The highest BCUT2D eigenvalue weighted by atomic mass is 16.3. The summed E-state index contributed by atoms with van der Waals surface area (Å²) in [5.74, 6) is 1.16. The maximum Gasteiger partial charge on any atom is 0.242 e. The average molecular weight is 582 g/mol. The molecule has 0 bridgehead atoms. The molecule has 0 aliphatic carbocycles. The topological polar surface area (TPSA) is 113 Å². The molecule has 0 saturated carbocycles. The maximum atomic E-state index is 6.42. The van der Waals surface area contributed by atoms with E-state index >= 15 is 0 Å². The predicted octanol–water partition coefficient (Wildman–Crippen LogP) is 7.21. The number of para-hydroxylation sites is 2. The van der Waals surface area contributed by atoms with Gasteiger partial charge in [0.15, 0.2) is 5.82 Å². The van der Waals surface area contributed by atoms with E-state index in [1.54, 1.807) is 24.8 Å². The van der Waals surface area contributed by atoms with Crippen LogP contribution >= 0.6 is 0 Å². The second kappa shape index (κ2) is 8.98. The van der Waals surface area contributed by atoms with Gasteiger partial charge in [0.2, 0.25) is 11.9 Å². The number of hydrogen-bond donors (Lipinski definition) is 0. The first kappa shape index (κ1) is 24.0. The summed E-state index contributed by atoms with van der Waals surface area (Å²) in [6, 6.07) is 29.8. The van der Waals surface area contributed by atoms with Gasteiger partial charge in [0.1, 0.15) is 33.8 Å². The molecule has 8 heterocycles. The minimum absolute atomic E-state index is 0.363. The molecule has 0 spiro atoms. The highest BCUT2D eigenvalue weighted by Crippen LogP contribution is 2.36. The van der Waals surface area contributed by atoms with E-state index < -0.39 is 0 Å². The zero-order valence-corrected chi connectivity index (χ0v) is 23.4. The SMILES string of the molecule is c1ccc2c(c1)oc1c(-c3nc(-n4c5ncccc5c5cccnc54)nc(-n4c5ncccc5c5cccnc54)n3)cccc12. The molecule has 0 aliphatic rings. The van der Waals surface area contributed by atoms with Gasteiger partial charge in [-0.3, -0.25) is 0 Å². The van der Waals surface area contributed by atoms with Crippen LogP contribution in [0.1, 0.15) is 0 Å². The standard InChI is InChI=1S/C35H19N9O/c1-2-15-27-20(8-1)21-9-3-10-26(28(21)45-27)29-40-34(43-30-22(11-4-16-36-30)23-12-5-17-37-31(23)43)42-35(41-29)44-32-24(13-6-18-38-32)25-14-7-19-39-33(25)44/h1-19H. The number of furan rings is 1. The predicted molar refractivity (Wildman–Crippen MR) is 172 cm³/mol. The van der Waals surface area contributed by atoms with Crippen molar-refractivity contribution >= 4 is 66.1 Å². The zero-order chi connectivity index (χ0) is 29.5. The molecule has 8 aromatic heterocycles. The van der Waals surface area contributed by atoms with Crippen molar-refractivity contribution in [2.24, 2.45) is 0 Å². The molecule has 2 aromatic carbocycles. The van der Waals surface area contributed by atoms with Crippen molar-refractivity contribution < 1.29 is 4.42 Å². The number of rotatable bonds is 3. The third-order valence-electron chi connectivity index (χ3n) is 8.23. The van der Waals surface area contributed by atoms with Crippen molar-refractivity contribution in [3.05, 3.63) is 116 Å². The van der Waals surface area contributed by atoms with Crippen LogP contribution < -0.4 is 0 Å². The lowest BCUT2D eigenvalue weighted by molar-refractivity contribution is 0.669. The minimum atomic E-state index is 0.363. The van der Waals surface area contributed by atoms with E-state index in [-0.39, 0.29) is 0 Å². The summed E-state index contributed by atoms with van der Waals surface area (Å²) in [7, 11) is 0. The van der Waals surface area contributed by atoms with Gasteiger partial charge in [-0.15, -0.1) is 0 Å².